The molecular formula is C12H13F2NO3. The molecule has 2 atom stereocenters. The van der Waals surface area contributed by atoms with E-state index in [9.17, 15) is 13.9 Å². The molecule has 2 aliphatic rings. The molecule has 1 aromatic carbocycles. The Morgan fingerprint density at radius 2 is 2.00 bits per heavy atom. The van der Waals surface area contributed by atoms with Gasteiger partial charge in [-0.25, -0.2) is 0 Å². The molecule has 0 spiro atoms. The quantitative estimate of drug-likeness (QED) is 0.853. The van der Waals surface area contributed by atoms with Crippen molar-refractivity contribution in [2.24, 2.45) is 0 Å². The van der Waals surface area contributed by atoms with Crippen molar-refractivity contribution in [3.8, 4) is 11.5 Å². The maximum absolute atomic E-state index is 12.8. The van der Waals surface area contributed by atoms with Gasteiger partial charge in [-0.2, -0.15) is 0 Å². The lowest BCUT2D eigenvalue weighted by Crippen LogP contribution is -2.27. The van der Waals surface area contributed by atoms with E-state index in [2.05, 4.69) is 14.8 Å². The largest absolute Gasteiger partial charge is 0.586 e. The molecule has 1 aliphatic carbocycles. The number of anilines is 1. The van der Waals surface area contributed by atoms with E-state index in [1.165, 1.54) is 12.1 Å². The van der Waals surface area contributed by atoms with Crippen molar-refractivity contribution in [1.82, 2.24) is 0 Å². The SMILES string of the molecule is O[C@H]1CCC[C@@H]1Nc1ccc2c(c1)OC(F)(F)O2. The number of fused-ring (bicyclic) bond motifs is 1. The molecule has 0 radical (unpaired) electrons. The van der Waals surface area contributed by atoms with Gasteiger partial charge >= 0.3 is 6.29 Å². The van der Waals surface area contributed by atoms with E-state index >= 15 is 0 Å². The van der Waals surface area contributed by atoms with E-state index in [1.807, 2.05) is 0 Å². The van der Waals surface area contributed by atoms with Crippen LogP contribution in [-0.2, 0) is 0 Å². The molecule has 6 heteroatoms. The highest BCUT2D eigenvalue weighted by molar-refractivity contribution is 5.56. The predicted molar refractivity (Wildman–Crippen MR) is 59.9 cm³/mol. The van der Waals surface area contributed by atoms with Crippen LogP contribution in [0.3, 0.4) is 0 Å². The predicted octanol–water partition coefficient (Wildman–Crippen LogP) is 2.33. The minimum atomic E-state index is -3.59. The lowest BCUT2D eigenvalue weighted by Gasteiger charge is -2.17. The number of aliphatic hydroxyl groups excluding tert-OH is 1. The molecule has 18 heavy (non-hydrogen) atoms. The van der Waals surface area contributed by atoms with Gasteiger partial charge < -0.3 is 19.9 Å². The maximum atomic E-state index is 12.8. The molecule has 0 bridgehead atoms. The van der Waals surface area contributed by atoms with E-state index < -0.39 is 12.4 Å². The Hall–Kier alpha value is -1.56. The minimum Gasteiger partial charge on any atom is -0.395 e. The van der Waals surface area contributed by atoms with Gasteiger partial charge in [0.15, 0.2) is 11.5 Å². The number of rotatable bonds is 2. The fraction of sp³-hybridized carbons (Fsp3) is 0.500. The summed E-state index contributed by atoms with van der Waals surface area (Å²) in [6.45, 7) is 0. The Kier molecular flexibility index (Phi) is 2.55. The molecule has 4 nitrogen and oxygen atoms in total. The Morgan fingerprint density at radius 1 is 1.22 bits per heavy atom. The average molecular weight is 257 g/mol. The summed E-state index contributed by atoms with van der Waals surface area (Å²) in [7, 11) is 0. The summed E-state index contributed by atoms with van der Waals surface area (Å²) in [6.07, 6.45) is -1.39. The fourth-order valence-electron chi connectivity index (χ4n) is 2.36. The average Bonchev–Trinajstić information content (AvgIpc) is 2.80. The number of hydrogen-bond acceptors (Lipinski definition) is 4. The third kappa shape index (κ3) is 2.08. The highest BCUT2D eigenvalue weighted by Gasteiger charge is 2.43. The van der Waals surface area contributed by atoms with Gasteiger partial charge in [0.05, 0.1) is 12.1 Å². The molecule has 0 aromatic heterocycles. The Balaban J connectivity index is 1.76. The molecule has 1 aliphatic heterocycles. The van der Waals surface area contributed by atoms with Gasteiger partial charge in [0, 0.05) is 11.8 Å². The van der Waals surface area contributed by atoms with Crippen LogP contribution in [0.5, 0.6) is 11.5 Å². The molecule has 0 unspecified atom stereocenters. The number of hydrogen-bond donors (Lipinski definition) is 2. The lowest BCUT2D eigenvalue weighted by atomic mass is 10.2. The van der Waals surface area contributed by atoms with Crippen molar-refractivity contribution in [1.29, 1.82) is 0 Å². The second kappa shape index (κ2) is 3.98. The van der Waals surface area contributed by atoms with E-state index in [0.717, 1.165) is 19.3 Å². The first kappa shape index (κ1) is 11.5. The number of aliphatic hydroxyl groups is 1. The Bertz CT molecular complexity index is 467. The highest BCUT2D eigenvalue weighted by Crippen LogP contribution is 2.42. The van der Waals surface area contributed by atoms with Gasteiger partial charge in [-0.15, -0.1) is 8.78 Å². The summed E-state index contributed by atoms with van der Waals surface area (Å²) < 4.78 is 34.3. The molecule has 1 heterocycles. The van der Waals surface area contributed by atoms with Crippen LogP contribution in [0.4, 0.5) is 14.5 Å². The highest BCUT2D eigenvalue weighted by atomic mass is 19.3. The zero-order valence-corrected chi connectivity index (χ0v) is 9.53. The van der Waals surface area contributed by atoms with E-state index in [4.69, 9.17) is 0 Å². The lowest BCUT2D eigenvalue weighted by molar-refractivity contribution is -0.286. The number of alkyl halides is 2. The van der Waals surface area contributed by atoms with Crippen LogP contribution in [0.15, 0.2) is 18.2 Å². The summed E-state index contributed by atoms with van der Waals surface area (Å²) in [4.78, 5) is 0. The summed E-state index contributed by atoms with van der Waals surface area (Å²) in [5.41, 5.74) is 0.640. The maximum Gasteiger partial charge on any atom is 0.586 e. The van der Waals surface area contributed by atoms with E-state index in [1.54, 1.807) is 6.07 Å². The zero-order chi connectivity index (χ0) is 12.8. The van der Waals surface area contributed by atoms with Gasteiger partial charge in [0.25, 0.3) is 0 Å². The van der Waals surface area contributed by atoms with Gasteiger partial charge in [-0.3, -0.25) is 0 Å². The van der Waals surface area contributed by atoms with Gasteiger partial charge in [-0.1, -0.05) is 0 Å². The second-order valence-electron chi connectivity index (χ2n) is 4.58. The van der Waals surface area contributed by atoms with Crippen LogP contribution in [0.1, 0.15) is 19.3 Å². The van der Waals surface area contributed by atoms with Crippen LogP contribution in [-0.4, -0.2) is 23.5 Å². The van der Waals surface area contributed by atoms with Crippen LogP contribution in [0.2, 0.25) is 0 Å². The van der Waals surface area contributed by atoms with Crippen LogP contribution >= 0.6 is 0 Å². The first-order chi connectivity index (χ1) is 8.53. The third-order valence-electron chi connectivity index (χ3n) is 3.23. The van der Waals surface area contributed by atoms with Gasteiger partial charge in [0.1, 0.15) is 0 Å². The first-order valence-electron chi connectivity index (χ1n) is 5.88. The smallest absolute Gasteiger partial charge is 0.395 e. The summed E-state index contributed by atoms with van der Waals surface area (Å²) in [6, 6.07) is 4.49. The summed E-state index contributed by atoms with van der Waals surface area (Å²) in [5, 5.41) is 12.8. The zero-order valence-electron chi connectivity index (χ0n) is 9.53. The van der Waals surface area contributed by atoms with Gasteiger partial charge in [0.2, 0.25) is 0 Å². The molecule has 2 N–H and O–H groups in total. The molecular weight excluding hydrogens is 244 g/mol. The van der Waals surface area contributed by atoms with Crippen molar-refractivity contribution in [3.63, 3.8) is 0 Å². The van der Waals surface area contributed by atoms with E-state index in [0.29, 0.717) is 5.69 Å². The molecule has 1 aromatic rings. The molecule has 1 saturated carbocycles. The minimum absolute atomic E-state index is 0.0116. The van der Waals surface area contributed by atoms with Crippen molar-refractivity contribution in [2.75, 3.05) is 5.32 Å². The van der Waals surface area contributed by atoms with Crippen molar-refractivity contribution in [3.05, 3.63) is 18.2 Å². The number of nitrogens with one attached hydrogen (secondary N) is 1. The second-order valence-corrected chi connectivity index (χ2v) is 4.58. The van der Waals surface area contributed by atoms with Crippen LogP contribution in [0.25, 0.3) is 0 Å². The van der Waals surface area contributed by atoms with Gasteiger partial charge in [-0.05, 0) is 31.4 Å². The monoisotopic (exact) mass is 257 g/mol. The molecule has 98 valence electrons. The summed E-state index contributed by atoms with van der Waals surface area (Å²) >= 11 is 0. The fourth-order valence-corrected chi connectivity index (χ4v) is 2.36. The topological polar surface area (TPSA) is 50.7 Å². The van der Waals surface area contributed by atoms with E-state index in [-0.39, 0.29) is 17.5 Å². The Morgan fingerprint density at radius 3 is 2.72 bits per heavy atom. The van der Waals surface area contributed by atoms with Crippen LogP contribution in [0, 0.1) is 0 Å². The van der Waals surface area contributed by atoms with Crippen molar-refractivity contribution >= 4 is 5.69 Å². The Labute approximate surface area is 103 Å². The molecule has 0 saturated heterocycles. The first-order valence-corrected chi connectivity index (χ1v) is 5.88. The third-order valence-corrected chi connectivity index (χ3v) is 3.23. The molecule has 3 rings (SSSR count). The standard InChI is InChI=1S/C12H13F2NO3/c13-12(14)17-10-5-4-7(6-11(10)18-12)15-8-2-1-3-9(8)16/h4-6,8-9,15-16H,1-3H2/t8-,9-/m0/s1. The number of ether oxygens (including phenoxy) is 2. The normalized spacial score (nSPS) is 28.4. The van der Waals surface area contributed by atoms with Crippen molar-refractivity contribution in [2.45, 2.75) is 37.7 Å². The van der Waals surface area contributed by atoms with Crippen molar-refractivity contribution < 1.29 is 23.4 Å². The number of halogens is 2. The molecule has 1 fully saturated rings. The van der Waals surface area contributed by atoms with Crippen LogP contribution < -0.4 is 14.8 Å². The molecule has 0 amide bonds. The summed E-state index contributed by atoms with van der Waals surface area (Å²) in [5.74, 6) is 0.0370. The number of benzene rings is 1.